The number of hydrogen-bond donors (Lipinski definition) is 1. The van der Waals surface area contributed by atoms with Crippen LogP contribution in [0.15, 0.2) is 0 Å². The van der Waals surface area contributed by atoms with Crippen molar-refractivity contribution < 1.29 is 4.16 Å². The van der Waals surface area contributed by atoms with Gasteiger partial charge in [0.25, 0.3) is 0 Å². The largest absolute Gasteiger partial charge is 0.672 e. The first-order valence-electron chi connectivity index (χ1n) is 10.7. The maximum absolute atomic E-state index is 12.9. The first-order valence-corrected chi connectivity index (χ1v) is 12.9. The van der Waals surface area contributed by atoms with Gasteiger partial charge in [0.2, 0.25) is 0 Å². The summed E-state index contributed by atoms with van der Waals surface area (Å²) >= 11 is -2.98. The third kappa shape index (κ3) is 3.18. The van der Waals surface area contributed by atoms with Gasteiger partial charge < -0.3 is 4.16 Å². The third-order valence-electron chi connectivity index (χ3n) is 9.00. The van der Waals surface area contributed by atoms with Crippen molar-refractivity contribution >= 4 is 13.4 Å². The topological polar surface area (TPSA) is 20.2 Å². The molecule has 1 N–H and O–H groups in total. The Morgan fingerprint density at radius 1 is 0.435 bits per heavy atom. The third-order valence-corrected chi connectivity index (χ3v) is 18.0. The van der Waals surface area contributed by atoms with E-state index in [0.717, 1.165) is 57.8 Å². The molecule has 0 aliphatic rings. The summed E-state index contributed by atoms with van der Waals surface area (Å²) in [6.07, 6.45) is 10.3. The van der Waals surface area contributed by atoms with E-state index in [4.69, 9.17) is 0 Å². The summed E-state index contributed by atoms with van der Waals surface area (Å²) < 4.78 is 13.4. The number of hydrogen-bond acceptors (Lipinski definition) is 1. The van der Waals surface area contributed by atoms with Crippen LogP contribution in [0.1, 0.15) is 120 Å². The lowest BCUT2D eigenvalue weighted by atomic mass is 9.94. The van der Waals surface area contributed by atoms with Crippen molar-refractivity contribution in [1.29, 1.82) is 0 Å². The summed E-state index contributed by atoms with van der Waals surface area (Å²) in [5.41, 5.74) is 0. The second-order valence-electron chi connectivity index (χ2n) is 8.09. The van der Waals surface area contributed by atoms with Crippen LogP contribution >= 0.6 is 0 Å². The normalized spacial score (nSPS) is 14.3. The summed E-state index contributed by atoms with van der Waals surface area (Å²) in [6.45, 7) is 21.1. The van der Waals surface area contributed by atoms with Crippen molar-refractivity contribution in [3.05, 3.63) is 0 Å². The summed E-state index contributed by atoms with van der Waals surface area (Å²) in [5, 5.41) is 0. The molecule has 0 rings (SSSR count). The van der Waals surface area contributed by atoms with E-state index < -0.39 is 13.4 Å². The van der Waals surface area contributed by atoms with Crippen LogP contribution in [0.3, 0.4) is 0 Å². The van der Waals surface area contributed by atoms with Crippen molar-refractivity contribution in [3.8, 4) is 0 Å². The zero-order valence-corrected chi connectivity index (χ0v) is 19.0. The molecule has 0 heterocycles. The lowest BCUT2D eigenvalue weighted by molar-refractivity contribution is 0.247. The zero-order chi connectivity index (χ0) is 18.4. The molecular weight excluding hydrogens is 295 g/mol. The fourth-order valence-electron chi connectivity index (χ4n) is 6.86. The predicted octanol–water partition coefficient (Wildman–Crippen LogP) is 7.84. The molecule has 0 unspecified atom stereocenters. The second kappa shape index (κ2) is 9.26. The minimum atomic E-state index is -2.98. The van der Waals surface area contributed by atoms with Gasteiger partial charge in [-0.2, -0.15) is 0 Å². The first kappa shape index (κ1) is 23.5. The molecule has 23 heavy (non-hydrogen) atoms. The molecule has 0 aromatic heterocycles. The Labute approximate surface area is 150 Å². The smallest absolute Gasteiger partial charge is 0.315 e. The molecule has 0 saturated heterocycles. The van der Waals surface area contributed by atoms with Gasteiger partial charge in [0, 0.05) is 0 Å². The second-order valence-corrected chi connectivity index (χ2v) is 13.4. The fourth-order valence-corrected chi connectivity index (χ4v) is 16.1. The lowest BCUT2D eigenvalue weighted by Gasteiger charge is -2.69. The van der Waals surface area contributed by atoms with Crippen molar-refractivity contribution in [2.24, 2.45) is 0 Å². The molecule has 0 amide bonds. The molecule has 2 heteroatoms. The highest BCUT2D eigenvalue weighted by Crippen LogP contribution is 2.71. The summed E-state index contributed by atoms with van der Waals surface area (Å²) in [6, 6.07) is 0. The first-order chi connectivity index (χ1) is 10.8. The summed E-state index contributed by atoms with van der Waals surface area (Å²) in [5.74, 6) is 0. The lowest BCUT2D eigenvalue weighted by Crippen LogP contribution is -2.65. The average molecular weight is 342 g/mol. The van der Waals surface area contributed by atoms with Crippen molar-refractivity contribution in [2.45, 2.75) is 133 Å². The van der Waals surface area contributed by atoms with Gasteiger partial charge in [-0.1, -0.05) is 120 Å². The van der Waals surface area contributed by atoms with Gasteiger partial charge in [0.15, 0.2) is 0 Å². The SMILES string of the molecule is CC[C](CC)(CC)[Al-]([OH])([C](CC)(CC)CC)[C](CC)(CC)CC. The average Bonchev–Trinajstić information content (AvgIpc) is 2.61. The van der Waals surface area contributed by atoms with E-state index in [1.807, 2.05) is 0 Å². The highest BCUT2D eigenvalue weighted by Gasteiger charge is 2.64. The Morgan fingerprint density at radius 3 is 0.652 bits per heavy atom. The van der Waals surface area contributed by atoms with E-state index in [-0.39, 0.29) is 12.8 Å². The van der Waals surface area contributed by atoms with E-state index in [0.29, 0.717) is 0 Å². The van der Waals surface area contributed by atoms with Gasteiger partial charge in [-0.05, 0) is 0 Å². The highest BCUT2D eigenvalue weighted by atomic mass is 27.3. The van der Waals surface area contributed by atoms with Crippen LogP contribution in [0.4, 0.5) is 0 Å². The van der Waals surface area contributed by atoms with E-state index in [1.165, 1.54) is 0 Å². The molecule has 0 aromatic rings. The Bertz CT molecular complexity index is 250. The molecule has 0 atom stereocenters. The van der Waals surface area contributed by atoms with Crippen LogP contribution in [0.25, 0.3) is 0 Å². The van der Waals surface area contributed by atoms with Gasteiger partial charge in [-0.25, -0.2) is 0 Å². The van der Waals surface area contributed by atoms with Crippen LogP contribution in [0.2, 0.25) is 12.8 Å². The standard InChI is InChI=1S/3C7H15.Al.H2O/c3*1-4-7(5-2)6-3;;/h3*4-6H2,1-3H3;;1H2/p-1. The van der Waals surface area contributed by atoms with E-state index >= 15 is 0 Å². The van der Waals surface area contributed by atoms with Crippen molar-refractivity contribution in [1.82, 2.24) is 0 Å². The number of rotatable bonds is 12. The van der Waals surface area contributed by atoms with Crippen LogP contribution in [0.5, 0.6) is 0 Å². The van der Waals surface area contributed by atoms with Crippen molar-refractivity contribution in [3.63, 3.8) is 0 Å². The Hall–Kier alpha value is 0.492. The molecule has 0 radical (unpaired) electrons. The molecule has 0 saturated carbocycles. The van der Waals surface area contributed by atoms with Crippen LogP contribution in [-0.4, -0.2) is 17.6 Å². The molecule has 0 fully saturated rings. The van der Waals surface area contributed by atoms with Crippen molar-refractivity contribution in [2.75, 3.05) is 0 Å². The predicted molar refractivity (Wildman–Crippen MR) is 109 cm³/mol. The van der Waals surface area contributed by atoms with E-state index in [1.54, 1.807) is 0 Å². The minimum Gasteiger partial charge on any atom is -0.672 e. The summed E-state index contributed by atoms with van der Waals surface area (Å²) in [7, 11) is 0. The Balaban J connectivity index is 6.86. The maximum atomic E-state index is 12.9. The quantitative estimate of drug-likeness (QED) is 0.358. The van der Waals surface area contributed by atoms with Crippen LogP contribution in [-0.2, 0) is 0 Å². The van der Waals surface area contributed by atoms with E-state index in [9.17, 15) is 4.16 Å². The Kier molecular flexibility index (Phi) is 9.46. The van der Waals surface area contributed by atoms with Gasteiger partial charge in [-0.15, -0.1) is 12.8 Å². The molecule has 0 aliphatic heterocycles. The maximum Gasteiger partial charge on any atom is 0.315 e. The van der Waals surface area contributed by atoms with Gasteiger partial charge in [0.05, 0.1) is 0 Å². The van der Waals surface area contributed by atoms with Crippen LogP contribution in [0, 0.1) is 0 Å². The van der Waals surface area contributed by atoms with E-state index in [2.05, 4.69) is 62.3 Å². The molecule has 0 aromatic carbocycles. The van der Waals surface area contributed by atoms with Crippen LogP contribution < -0.4 is 0 Å². The molecule has 1 nitrogen and oxygen atoms in total. The molecule has 0 bridgehead atoms. The highest BCUT2D eigenvalue weighted by molar-refractivity contribution is 6.81. The van der Waals surface area contributed by atoms with Gasteiger partial charge in [0.1, 0.15) is 0 Å². The van der Waals surface area contributed by atoms with Gasteiger partial charge in [-0.3, -0.25) is 0 Å². The molecular formula is C21H46AlO-. The molecule has 140 valence electrons. The van der Waals surface area contributed by atoms with Gasteiger partial charge >= 0.3 is 13.4 Å². The Morgan fingerprint density at radius 2 is 0.565 bits per heavy atom. The monoisotopic (exact) mass is 341 g/mol. The molecule has 0 spiro atoms. The fraction of sp³-hybridized carbons (Fsp3) is 1.00. The minimum absolute atomic E-state index is 0.178. The molecule has 0 aliphatic carbocycles. The zero-order valence-electron chi connectivity index (χ0n) is 17.9. The summed E-state index contributed by atoms with van der Waals surface area (Å²) in [4.78, 5) is 0.